The first kappa shape index (κ1) is 28.4. The van der Waals surface area contributed by atoms with Gasteiger partial charge in [-0.1, -0.05) is 146 Å². The van der Waals surface area contributed by atoms with E-state index in [4.69, 9.17) is 5.73 Å². The summed E-state index contributed by atoms with van der Waals surface area (Å²) in [7, 11) is 0. The van der Waals surface area contributed by atoms with E-state index in [1.807, 2.05) is 12.2 Å². The quantitative estimate of drug-likeness (QED) is 0.181. The fraction of sp³-hybridized carbons (Fsp3) is 0.0222. The summed E-state index contributed by atoms with van der Waals surface area (Å²) in [6, 6.07) is 57.4. The number of benzene rings is 7. The normalized spacial score (nSPS) is 11.8. The highest BCUT2D eigenvalue weighted by Crippen LogP contribution is 2.39. The van der Waals surface area contributed by atoms with Crippen LogP contribution in [0.4, 0.5) is 0 Å². The number of para-hydroxylation sites is 1. The molecule has 47 heavy (non-hydrogen) atoms. The Morgan fingerprint density at radius 2 is 1.02 bits per heavy atom. The van der Waals surface area contributed by atoms with Crippen LogP contribution in [0.25, 0.3) is 71.6 Å². The first-order valence-electron chi connectivity index (χ1n) is 16.1. The van der Waals surface area contributed by atoms with E-state index < -0.39 is 0 Å². The molecule has 2 heteroatoms. The Labute approximate surface area is 275 Å². The minimum Gasteiger partial charge on any atom is -0.405 e. The monoisotopic (exact) mass is 602 g/mol. The summed E-state index contributed by atoms with van der Waals surface area (Å²) in [5, 5.41) is 4.99. The van der Waals surface area contributed by atoms with Gasteiger partial charge in [-0.05, 0) is 87.3 Å². The Morgan fingerprint density at radius 1 is 0.468 bits per heavy atom. The van der Waals surface area contributed by atoms with Crippen molar-refractivity contribution in [2.24, 2.45) is 5.73 Å². The summed E-state index contributed by atoms with van der Waals surface area (Å²) in [4.78, 5) is 0. The van der Waals surface area contributed by atoms with Crippen molar-refractivity contribution in [2.75, 3.05) is 0 Å². The van der Waals surface area contributed by atoms with E-state index in [2.05, 4.69) is 168 Å². The Balaban J connectivity index is 1.23. The molecule has 8 rings (SSSR count). The molecule has 0 aliphatic rings. The number of hydrogen-bond acceptors (Lipinski definition) is 1. The lowest BCUT2D eigenvalue weighted by molar-refractivity contribution is 1.19. The highest BCUT2D eigenvalue weighted by molar-refractivity contribution is 6.19. The number of hydrogen-bond donors (Lipinski definition) is 1. The number of nitrogens with two attached hydrogens (primary N) is 1. The van der Waals surface area contributed by atoms with Gasteiger partial charge in [0.05, 0.1) is 11.0 Å². The van der Waals surface area contributed by atoms with E-state index in [0.29, 0.717) is 0 Å². The lowest BCUT2D eigenvalue weighted by Gasteiger charge is -2.12. The van der Waals surface area contributed by atoms with E-state index in [1.165, 1.54) is 71.5 Å². The molecule has 0 radical (unpaired) electrons. The molecule has 0 saturated carbocycles. The van der Waals surface area contributed by atoms with Gasteiger partial charge in [0.25, 0.3) is 0 Å². The van der Waals surface area contributed by atoms with Crippen LogP contribution in [0.2, 0.25) is 0 Å². The van der Waals surface area contributed by atoms with Crippen molar-refractivity contribution in [1.29, 1.82) is 0 Å². The summed E-state index contributed by atoms with van der Waals surface area (Å²) < 4.78 is 2.44. The zero-order valence-corrected chi connectivity index (χ0v) is 26.1. The van der Waals surface area contributed by atoms with Gasteiger partial charge in [-0.25, -0.2) is 0 Å². The number of rotatable bonds is 7. The lowest BCUT2D eigenvalue weighted by Crippen LogP contribution is -1.94. The second-order valence-corrected chi connectivity index (χ2v) is 12.0. The third-order valence-electron chi connectivity index (χ3n) is 9.08. The van der Waals surface area contributed by atoms with Gasteiger partial charge in [0.15, 0.2) is 0 Å². The third-order valence-corrected chi connectivity index (χ3v) is 9.08. The van der Waals surface area contributed by atoms with Crippen LogP contribution in [-0.4, -0.2) is 4.57 Å². The summed E-state index contributed by atoms with van der Waals surface area (Å²) >= 11 is 0. The molecule has 2 N–H and O–H groups in total. The van der Waals surface area contributed by atoms with Crippen LogP contribution >= 0.6 is 0 Å². The van der Waals surface area contributed by atoms with Crippen LogP contribution in [0.15, 0.2) is 182 Å². The van der Waals surface area contributed by atoms with Crippen molar-refractivity contribution in [3.63, 3.8) is 0 Å². The van der Waals surface area contributed by atoms with E-state index in [1.54, 1.807) is 6.20 Å². The molecule has 0 saturated heterocycles. The van der Waals surface area contributed by atoms with Gasteiger partial charge >= 0.3 is 0 Å². The number of aromatic nitrogens is 1. The Hall–Kier alpha value is -6.12. The van der Waals surface area contributed by atoms with Gasteiger partial charge < -0.3 is 10.3 Å². The maximum atomic E-state index is 5.45. The zero-order valence-electron chi connectivity index (χ0n) is 26.1. The fourth-order valence-corrected chi connectivity index (χ4v) is 6.71. The van der Waals surface area contributed by atoms with Gasteiger partial charge in [0.1, 0.15) is 0 Å². The minimum atomic E-state index is 0.875. The average molecular weight is 603 g/mol. The number of allylic oxidation sites excluding steroid dienone is 3. The predicted octanol–water partition coefficient (Wildman–Crippen LogP) is 11.5. The van der Waals surface area contributed by atoms with Crippen molar-refractivity contribution in [2.45, 2.75) is 6.42 Å². The summed E-state index contributed by atoms with van der Waals surface area (Å²) in [6.45, 7) is 0. The highest BCUT2D eigenvalue weighted by atomic mass is 15.0. The SMILES string of the molecule is N/C=C\C=C/Cc1ccc(-c2ccc3c4ccc5cc(-c6ccc(-c7ccccc7)cc6)ccc5c4n(-c4ccccc4)c3c2)cc1. The molecule has 1 heterocycles. The van der Waals surface area contributed by atoms with Gasteiger partial charge in [0, 0.05) is 21.8 Å². The highest BCUT2D eigenvalue weighted by Gasteiger charge is 2.16. The average Bonchev–Trinajstić information content (AvgIpc) is 3.48. The first-order valence-corrected chi connectivity index (χ1v) is 16.1. The van der Waals surface area contributed by atoms with Gasteiger partial charge in [-0.2, -0.15) is 0 Å². The second kappa shape index (κ2) is 12.3. The van der Waals surface area contributed by atoms with Crippen LogP contribution in [-0.2, 0) is 6.42 Å². The maximum Gasteiger partial charge on any atom is 0.0619 e. The van der Waals surface area contributed by atoms with Crippen LogP contribution in [0, 0.1) is 0 Å². The van der Waals surface area contributed by atoms with Crippen molar-refractivity contribution >= 4 is 32.6 Å². The largest absolute Gasteiger partial charge is 0.405 e. The Bertz CT molecular complexity index is 2390. The summed E-state index contributed by atoms with van der Waals surface area (Å²) in [5.74, 6) is 0. The number of nitrogens with zero attached hydrogens (tertiary/aromatic N) is 1. The lowest BCUT2D eigenvalue weighted by atomic mass is 9.97. The molecule has 0 atom stereocenters. The van der Waals surface area contributed by atoms with Gasteiger partial charge in [-0.3, -0.25) is 0 Å². The van der Waals surface area contributed by atoms with Gasteiger partial charge in [0.2, 0.25) is 0 Å². The number of fused-ring (bicyclic) bond motifs is 5. The molecule has 1 aromatic heterocycles. The smallest absolute Gasteiger partial charge is 0.0619 e. The van der Waals surface area contributed by atoms with Crippen molar-refractivity contribution in [1.82, 2.24) is 4.57 Å². The molecule has 0 bridgehead atoms. The van der Waals surface area contributed by atoms with Crippen LogP contribution in [0.3, 0.4) is 0 Å². The molecule has 0 fully saturated rings. The molecule has 2 nitrogen and oxygen atoms in total. The topological polar surface area (TPSA) is 30.9 Å². The molecular formula is C45H34N2. The first-order chi connectivity index (χ1) is 23.3. The molecule has 7 aromatic carbocycles. The van der Waals surface area contributed by atoms with E-state index >= 15 is 0 Å². The minimum absolute atomic E-state index is 0.875. The third kappa shape index (κ3) is 5.41. The van der Waals surface area contributed by atoms with Crippen molar-refractivity contribution < 1.29 is 0 Å². The Kier molecular flexibility index (Phi) is 7.45. The molecule has 0 spiro atoms. The fourth-order valence-electron chi connectivity index (χ4n) is 6.71. The molecule has 8 aromatic rings. The zero-order chi connectivity index (χ0) is 31.6. The maximum absolute atomic E-state index is 5.45. The molecule has 0 unspecified atom stereocenters. The molecule has 0 aliphatic heterocycles. The molecular weight excluding hydrogens is 569 g/mol. The van der Waals surface area contributed by atoms with Crippen molar-refractivity contribution in [3.8, 4) is 39.1 Å². The summed E-state index contributed by atoms with van der Waals surface area (Å²) in [6.07, 6.45) is 8.38. The van der Waals surface area contributed by atoms with Crippen LogP contribution in [0.5, 0.6) is 0 Å². The van der Waals surface area contributed by atoms with E-state index in [9.17, 15) is 0 Å². The van der Waals surface area contributed by atoms with Crippen LogP contribution < -0.4 is 5.73 Å². The predicted molar refractivity (Wildman–Crippen MR) is 201 cm³/mol. The van der Waals surface area contributed by atoms with Gasteiger partial charge in [-0.15, -0.1) is 0 Å². The Morgan fingerprint density at radius 3 is 1.72 bits per heavy atom. The standard InChI is InChI=1S/C45H34N2/c46-29-9-3-4-10-32-15-17-35(18-16-32)38-24-27-42-43-28-25-39-30-37(36-21-19-34(20-22-36)33-11-5-1-6-12-33)23-26-41(39)45(43)47(44(42)31-38)40-13-7-2-8-14-40/h1-9,11-31H,10,46H2/b4-3-,29-9-. The van der Waals surface area contributed by atoms with Crippen LogP contribution in [0.1, 0.15) is 5.56 Å². The molecule has 0 amide bonds. The summed E-state index contributed by atoms with van der Waals surface area (Å²) in [5.41, 5.74) is 17.6. The molecule has 224 valence electrons. The van der Waals surface area contributed by atoms with E-state index in [-0.39, 0.29) is 0 Å². The van der Waals surface area contributed by atoms with Crippen molar-refractivity contribution in [3.05, 3.63) is 188 Å². The second-order valence-electron chi connectivity index (χ2n) is 12.0. The molecule has 0 aliphatic carbocycles. The van der Waals surface area contributed by atoms with E-state index in [0.717, 1.165) is 12.1 Å².